The van der Waals surface area contributed by atoms with Crippen LogP contribution in [0, 0.1) is 0 Å². The minimum atomic E-state index is -1.20. The molecule has 0 unspecified atom stereocenters. The van der Waals surface area contributed by atoms with Crippen molar-refractivity contribution in [2.75, 3.05) is 19.7 Å². The number of amides is 2. The van der Waals surface area contributed by atoms with Crippen molar-refractivity contribution >= 4 is 18.0 Å². The van der Waals surface area contributed by atoms with Gasteiger partial charge in [-0.3, -0.25) is 9.69 Å². The highest BCUT2D eigenvalue weighted by atomic mass is 16.5. The standard InChI is InChI=1S/C34H37N3O5/c38-30(35-34(31(39)40)15-8-16-34)21-33(17-19-37(20-18-33)22-24-9-2-1-3-10-24)36-32(41)42-23-29-27-13-6-4-11-25(27)26-12-5-7-14-28(26)29/h1-7,9-14,29H,8,15-23H2,(H,35,38)(H,36,41)(H,39,40). The lowest BCUT2D eigenvalue weighted by Gasteiger charge is -2.43. The van der Waals surface area contributed by atoms with Gasteiger partial charge in [0, 0.05) is 32.0 Å². The van der Waals surface area contributed by atoms with E-state index in [4.69, 9.17) is 4.74 Å². The third-order valence-corrected chi connectivity index (χ3v) is 9.27. The number of carbonyl (C=O) groups is 3. The fourth-order valence-electron chi connectivity index (χ4n) is 6.72. The quantitative estimate of drug-likeness (QED) is 0.333. The number of aliphatic carboxylic acids is 1. The largest absolute Gasteiger partial charge is 0.480 e. The van der Waals surface area contributed by atoms with Crippen LogP contribution in [-0.2, 0) is 20.9 Å². The summed E-state index contributed by atoms with van der Waals surface area (Å²) in [6.07, 6.45) is 2.17. The van der Waals surface area contributed by atoms with Gasteiger partial charge >= 0.3 is 12.1 Å². The van der Waals surface area contributed by atoms with Crippen LogP contribution >= 0.6 is 0 Å². The maximum absolute atomic E-state index is 13.3. The number of carboxylic acids is 1. The molecule has 2 amide bonds. The molecule has 0 bridgehead atoms. The zero-order valence-electron chi connectivity index (χ0n) is 23.7. The highest BCUT2D eigenvalue weighted by molar-refractivity contribution is 5.88. The fourth-order valence-corrected chi connectivity index (χ4v) is 6.72. The maximum atomic E-state index is 13.3. The number of ether oxygens (including phenoxy) is 1. The SMILES string of the molecule is O=C(CC1(NC(=O)OCC2c3ccccc3-c3ccccc32)CCN(Cc2ccccc2)CC1)NC1(C(=O)O)CCC1. The molecule has 42 heavy (non-hydrogen) atoms. The molecule has 6 rings (SSSR count). The van der Waals surface area contributed by atoms with E-state index >= 15 is 0 Å². The van der Waals surface area contributed by atoms with Gasteiger partial charge in [-0.1, -0.05) is 78.9 Å². The van der Waals surface area contributed by atoms with Gasteiger partial charge in [0.25, 0.3) is 0 Å². The molecule has 3 N–H and O–H groups in total. The van der Waals surface area contributed by atoms with Crippen LogP contribution in [-0.4, -0.2) is 58.8 Å². The Kier molecular flexibility index (Phi) is 7.73. The number of carbonyl (C=O) groups excluding carboxylic acids is 2. The topological polar surface area (TPSA) is 108 Å². The first kappa shape index (κ1) is 28.0. The molecule has 3 aliphatic rings. The predicted molar refractivity (Wildman–Crippen MR) is 159 cm³/mol. The first-order valence-corrected chi connectivity index (χ1v) is 14.8. The molecule has 1 aliphatic heterocycles. The summed E-state index contributed by atoms with van der Waals surface area (Å²) >= 11 is 0. The highest BCUT2D eigenvalue weighted by Gasteiger charge is 2.47. The predicted octanol–water partition coefficient (Wildman–Crippen LogP) is 5.07. The smallest absolute Gasteiger partial charge is 0.407 e. The molecule has 8 heteroatoms. The Morgan fingerprint density at radius 3 is 1.98 bits per heavy atom. The molecular formula is C34H37N3O5. The van der Waals surface area contributed by atoms with E-state index in [0.717, 1.165) is 35.2 Å². The van der Waals surface area contributed by atoms with Gasteiger partial charge in [-0.25, -0.2) is 9.59 Å². The van der Waals surface area contributed by atoms with Gasteiger partial charge in [0.1, 0.15) is 12.1 Å². The van der Waals surface area contributed by atoms with Crippen molar-refractivity contribution in [3.63, 3.8) is 0 Å². The lowest BCUT2D eigenvalue weighted by Crippen LogP contribution is -2.62. The molecule has 2 fully saturated rings. The van der Waals surface area contributed by atoms with Crippen LogP contribution in [0.5, 0.6) is 0 Å². The lowest BCUT2D eigenvalue weighted by atomic mass is 9.76. The summed E-state index contributed by atoms with van der Waals surface area (Å²) in [6, 6.07) is 26.6. The summed E-state index contributed by atoms with van der Waals surface area (Å²) in [4.78, 5) is 40.8. The van der Waals surface area contributed by atoms with E-state index in [1.165, 1.54) is 5.56 Å². The number of nitrogens with one attached hydrogen (secondary N) is 2. The Hall–Kier alpha value is -4.17. The van der Waals surface area contributed by atoms with Crippen LogP contribution in [0.1, 0.15) is 61.1 Å². The first-order valence-electron chi connectivity index (χ1n) is 14.8. The van der Waals surface area contributed by atoms with Gasteiger partial charge < -0.3 is 20.5 Å². The molecule has 0 radical (unpaired) electrons. The summed E-state index contributed by atoms with van der Waals surface area (Å²) in [5, 5.41) is 15.6. The van der Waals surface area contributed by atoms with Crippen molar-refractivity contribution in [1.82, 2.24) is 15.5 Å². The molecule has 0 aromatic heterocycles. The molecule has 0 atom stereocenters. The van der Waals surface area contributed by atoms with E-state index in [0.29, 0.717) is 38.8 Å². The Bertz CT molecular complexity index is 1420. The Balaban J connectivity index is 1.14. The monoisotopic (exact) mass is 567 g/mol. The number of fused-ring (bicyclic) bond motifs is 3. The third-order valence-electron chi connectivity index (χ3n) is 9.27. The Labute approximate surface area is 246 Å². The molecule has 0 spiro atoms. The number of likely N-dealkylation sites (tertiary alicyclic amines) is 1. The minimum absolute atomic E-state index is 0.00536. The second-order valence-corrected chi connectivity index (χ2v) is 12.0. The van der Waals surface area contributed by atoms with E-state index in [1.54, 1.807) is 0 Å². The summed E-state index contributed by atoms with van der Waals surface area (Å²) in [5.74, 6) is -1.42. The Morgan fingerprint density at radius 2 is 1.40 bits per heavy atom. The molecule has 218 valence electrons. The molecule has 2 aliphatic carbocycles. The average molecular weight is 568 g/mol. The Morgan fingerprint density at radius 1 is 0.810 bits per heavy atom. The van der Waals surface area contributed by atoms with Gasteiger partial charge in [0.05, 0.1) is 5.54 Å². The van der Waals surface area contributed by atoms with Crippen LogP contribution in [0.15, 0.2) is 78.9 Å². The van der Waals surface area contributed by atoms with Crippen LogP contribution in [0.25, 0.3) is 11.1 Å². The van der Waals surface area contributed by atoms with E-state index in [-0.39, 0.29) is 24.9 Å². The minimum Gasteiger partial charge on any atom is -0.480 e. The number of benzene rings is 3. The maximum Gasteiger partial charge on any atom is 0.407 e. The number of alkyl carbamates (subject to hydrolysis) is 1. The fraction of sp³-hybridized carbons (Fsp3) is 0.382. The third kappa shape index (κ3) is 5.63. The molecule has 1 heterocycles. The number of rotatable bonds is 9. The van der Waals surface area contributed by atoms with Crippen molar-refractivity contribution in [2.24, 2.45) is 0 Å². The molecule has 1 saturated heterocycles. The normalized spacial score (nSPS) is 18.7. The van der Waals surface area contributed by atoms with Crippen molar-refractivity contribution in [1.29, 1.82) is 0 Å². The van der Waals surface area contributed by atoms with Gasteiger partial charge in [-0.2, -0.15) is 0 Å². The van der Waals surface area contributed by atoms with E-state index in [9.17, 15) is 19.5 Å². The van der Waals surface area contributed by atoms with Crippen molar-refractivity contribution in [3.8, 4) is 11.1 Å². The number of hydrogen-bond donors (Lipinski definition) is 3. The van der Waals surface area contributed by atoms with E-state index < -0.39 is 23.1 Å². The van der Waals surface area contributed by atoms with Gasteiger partial charge in [0.15, 0.2) is 0 Å². The molecule has 3 aromatic rings. The van der Waals surface area contributed by atoms with E-state index in [2.05, 4.69) is 51.9 Å². The van der Waals surface area contributed by atoms with Crippen molar-refractivity contribution in [2.45, 2.75) is 62.1 Å². The molecule has 3 aromatic carbocycles. The summed E-state index contributed by atoms with van der Waals surface area (Å²) < 4.78 is 5.85. The van der Waals surface area contributed by atoms with Crippen molar-refractivity contribution < 1.29 is 24.2 Å². The number of carboxylic acid groups (broad SMARTS) is 1. The van der Waals surface area contributed by atoms with Gasteiger partial charge in [0.2, 0.25) is 5.91 Å². The second-order valence-electron chi connectivity index (χ2n) is 12.0. The summed E-state index contributed by atoms with van der Waals surface area (Å²) in [6.45, 7) is 2.35. The molecule has 8 nitrogen and oxygen atoms in total. The van der Waals surface area contributed by atoms with Crippen LogP contribution in [0.2, 0.25) is 0 Å². The van der Waals surface area contributed by atoms with Crippen LogP contribution < -0.4 is 10.6 Å². The van der Waals surface area contributed by atoms with Crippen LogP contribution in [0.4, 0.5) is 4.79 Å². The average Bonchev–Trinajstić information content (AvgIpc) is 3.29. The van der Waals surface area contributed by atoms with Crippen molar-refractivity contribution in [3.05, 3.63) is 95.6 Å². The zero-order valence-corrected chi connectivity index (χ0v) is 23.7. The number of piperidine rings is 1. The van der Waals surface area contributed by atoms with Crippen LogP contribution in [0.3, 0.4) is 0 Å². The zero-order chi connectivity index (χ0) is 29.2. The number of hydrogen-bond acceptors (Lipinski definition) is 5. The lowest BCUT2D eigenvalue weighted by molar-refractivity contribution is -0.152. The number of nitrogens with zero attached hydrogens (tertiary/aromatic N) is 1. The molecular weight excluding hydrogens is 530 g/mol. The molecule has 1 saturated carbocycles. The van der Waals surface area contributed by atoms with E-state index in [1.807, 2.05) is 42.5 Å². The van der Waals surface area contributed by atoms with Gasteiger partial charge in [-0.05, 0) is 59.9 Å². The summed E-state index contributed by atoms with van der Waals surface area (Å²) in [5.41, 5.74) is 3.76. The summed E-state index contributed by atoms with van der Waals surface area (Å²) in [7, 11) is 0. The first-order chi connectivity index (χ1) is 20.4. The second kappa shape index (κ2) is 11.6. The highest BCUT2D eigenvalue weighted by Crippen LogP contribution is 2.44. The van der Waals surface area contributed by atoms with Gasteiger partial charge in [-0.15, -0.1) is 0 Å².